The molecule has 0 aliphatic carbocycles. The number of nitrogens with one attached hydrogen (secondary N) is 1. The van der Waals surface area contributed by atoms with Crippen molar-refractivity contribution in [2.75, 3.05) is 0 Å². The summed E-state index contributed by atoms with van der Waals surface area (Å²) in [6.07, 6.45) is 0. The third-order valence-electron chi connectivity index (χ3n) is 3.23. The van der Waals surface area contributed by atoms with Gasteiger partial charge in [-0.2, -0.15) is 0 Å². The van der Waals surface area contributed by atoms with Crippen molar-refractivity contribution < 1.29 is 0 Å². The lowest BCUT2D eigenvalue weighted by Crippen LogP contribution is -2.18. The van der Waals surface area contributed by atoms with E-state index < -0.39 is 0 Å². The summed E-state index contributed by atoms with van der Waals surface area (Å²) in [7, 11) is 0. The van der Waals surface area contributed by atoms with Crippen molar-refractivity contribution in [3.8, 4) is 0 Å². The molecule has 0 bridgehead atoms. The van der Waals surface area contributed by atoms with Crippen LogP contribution in [0.5, 0.6) is 0 Å². The van der Waals surface area contributed by atoms with Crippen LogP contribution in [0.1, 0.15) is 29.7 Å². The highest BCUT2D eigenvalue weighted by Gasteiger charge is 2.08. The summed E-state index contributed by atoms with van der Waals surface area (Å²) in [4.78, 5) is 0. The van der Waals surface area contributed by atoms with Crippen molar-refractivity contribution in [2.24, 2.45) is 0 Å². The Morgan fingerprint density at radius 1 is 1.06 bits per heavy atom. The molecule has 0 heterocycles. The van der Waals surface area contributed by atoms with Crippen molar-refractivity contribution in [1.29, 1.82) is 0 Å². The molecule has 2 aromatic carbocycles. The van der Waals surface area contributed by atoms with Gasteiger partial charge in [0.15, 0.2) is 0 Å². The van der Waals surface area contributed by atoms with Crippen molar-refractivity contribution in [2.45, 2.75) is 26.4 Å². The van der Waals surface area contributed by atoms with Gasteiger partial charge in [-0.05, 0) is 36.6 Å². The fraction of sp³-hybridized carbons (Fsp3) is 0.250. The Bertz CT molecular complexity index is 522. The molecule has 94 valence electrons. The molecule has 2 rings (SSSR count). The molecule has 0 aliphatic heterocycles. The second-order valence-electron chi connectivity index (χ2n) is 4.55. The van der Waals surface area contributed by atoms with E-state index in [0.717, 1.165) is 11.0 Å². The highest BCUT2D eigenvalue weighted by Crippen LogP contribution is 2.23. The summed E-state index contributed by atoms with van der Waals surface area (Å²) < 4.78 is 1.16. The van der Waals surface area contributed by atoms with Crippen molar-refractivity contribution in [3.63, 3.8) is 0 Å². The quantitative estimate of drug-likeness (QED) is 0.870. The SMILES string of the molecule is Cc1ccccc1CNC(C)c1ccccc1Br. The van der Waals surface area contributed by atoms with E-state index in [1.165, 1.54) is 16.7 Å². The number of hydrogen-bond donors (Lipinski definition) is 1. The lowest BCUT2D eigenvalue weighted by atomic mass is 10.1. The van der Waals surface area contributed by atoms with Gasteiger partial charge in [-0.1, -0.05) is 58.4 Å². The first-order valence-electron chi connectivity index (χ1n) is 6.21. The lowest BCUT2D eigenvalue weighted by Gasteiger charge is -2.16. The third kappa shape index (κ3) is 3.21. The predicted octanol–water partition coefficient (Wildman–Crippen LogP) is 4.61. The Morgan fingerprint density at radius 3 is 2.44 bits per heavy atom. The highest BCUT2D eigenvalue weighted by atomic mass is 79.9. The predicted molar refractivity (Wildman–Crippen MR) is 80.6 cm³/mol. The Hall–Kier alpha value is -1.12. The molecule has 18 heavy (non-hydrogen) atoms. The summed E-state index contributed by atoms with van der Waals surface area (Å²) in [6, 6.07) is 17.2. The van der Waals surface area contributed by atoms with E-state index in [0.29, 0.717) is 6.04 Å². The molecule has 1 N–H and O–H groups in total. The highest BCUT2D eigenvalue weighted by molar-refractivity contribution is 9.10. The Balaban J connectivity index is 2.03. The summed E-state index contributed by atoms with van der Waals surface area (Å²) in [5, 5.41) is 3.57. The average molecular weight is 304 g/mol. The number of hydrogen-bond acceptors (Lipinski definition) is 1. The minimum Gasteiger partial charge on any atom is -0.306 e. The maximum Gasteiger partial charge on any atom is 0.0306 e. The first kappa shape index (κ1) is 13.3. The average Bonchev–Trinajstić information content (AvgIpc) is 2.38. The van der Waals surface area contributed by atoms with Crippen molar-refractivity contribution >= 4 is 15.9 Å². The molecule has 0 saturated heterocycles. The zero-order chi connectivity index (χ0) is 13.0. The van der Waals surface area contributed by atoms with Gasteiger partial charge in [0, 0.05) is 17.1 Å². The van der Waals surface area contributed by atoms with Crippen LogP contribution < -0.4 is 5.32 Å². The largest absolute Gasteiger partial charge is 0.306 e. The van der Waals surface area contributed by atoms with Crippen LogP contribution in [-0.2, 0) is 6.54 Å². The topological polar surface area (TPSA) is 12.0 Å². The van der Waals surface area contributed by atoms with Gasteiger partial charge in [0.05, 0.1) is 0 Å². The zero-order valence-electron chi connectivity index (χ0n) is 10.8. The van der Waals surface area contributed by atoms with E-state index in [1.807, 2.05) is 6.07 Å². The van der Waals surface area contributed by atoms with Gasteiger partial charge in [0.1, 0.15) is 0 Å². The maximum absolute atomic E-state index is 3.60. The van der Waals surface area contributed by atoms with Crippen molar-refractivity contribution in [3.05, 3.63) is 69.7 Å². The van der Waals surface area contributed by atoms with Gasteiger partial charge in [0.2, 0.25) is 0 Å². The molecule has 1 nitrogen and oxygen atoms in total. The molecule has 0 saturated carbocycles. The Morgan fingerprint density at radius 2 is 1.72 bits per heavy atom. The van der Waals surface area contributed by atoms with Gasteiger partial charge in [-0.25, -0.2) is 0 Å². The number of halogens is 1. The van der Waals surface area contributed by atoms with Crippen LogP contribution in [-0.4, -0.2) is 0 Å². The van der Waals surface area contributed by atoms with Gasteiger partial charge >= 0.3 is 0 Å². The van der Waals surface area contributed by atoms with Crippen LogP contribution in [0.4, 0.5) is 0 Å². The molecular weight excluding hydrogens is 286 g/mol. The standard InChI is InChI=1S/C16H18BrN/c1-12-7-3-4-8-14(12)11-18-13(2)15-9-5-6-10-16(15)17/h3-10,13,18H,11H2,1-2H3. The normalized spacial score (nSPS) is 12.4. The van der Waals surface area contributed by atoms with Crippen LogP contribution >= 0.6 is 15.9 Å². The van der Waals surface area contributed by atoms with Crippen molar-refractivity contribution in [1.82, 2.24) is 5.32 Å². The molecule has 1 atom stereocenters. The van der Waals surface area contributed by atoms with E-state index >= 15 is 0 Å². The summed E-state index contributed by atoms with van der Waals surface area (Å²) in [5.41, 5.74) is 3.99. The molecule has 0 amide bonds. The fourth-order valence-corrected chi connectivity index (χ4v) is 2.64. The molecule has 0 aliphatic rings. The first-order valence-corrected chi connectivity index (χ1v) is 7.00. The number of aryl methyl sites for hydroxylation is 1. The zero-order valence-corrected chi connectivity index (χ0v) is 12.4. The molecule has 2 heteroatoms. The maximum atomic E-state index is 3.60. The van der Waals surface area contributed by atoms with E-state index in [9.17, 15) is 0 Å². The Kier molecular flexibility index (Phi) is 4.56. The van der Waals surface area contributed by atoms with E-state index in [1.54, 1.807) is 0 Å². The van der Waals surface area contributed by atoms with Gasteiger partial charge < -0.3 is 5.32 Å². The number of benzene rings is 2. The molecule has 0 radical (unpaired) electrons. The second kappa shape index (κ2) is 6.17. The van der Waals surface area contributed by atoms with Gasteiger partial charge in [-0.3, -0.25) is 0 Å². The Labute approximate surface area is 117 Å². The van der Waals surface area contributed by atoms with E-state index in [4.69, 9.17) is 0 Å². The number of rotatable bonds is 4. The van der Waals surface area contributed by atoms with E-state index in [2.05, 4.69) is 77.6 Å². The van der Waals surface area contributed by atoms with Crippen LogP contribution in [0.25, 0.3) is 0 Å². The molecule has 0 fully saturated rings. The fourth-order valence-electron chi connectivity index (χ4n) is 2.01. The smallest absolute Gasteiger partial charge is 0.0306 e. The van der Waals surface area contributed by atoms with Gasteiger partial charge in [-0.15, -0.1) is 0 Å². The third-order valence-corrected chi connectivity index (χ3v) is 3.95. The van der Waals surface area contributed by atoms with Crippen LogP contribution in [0.2, 0.25) is 0 Å². The molecular formula is C16H18BrN. The molecule has 1 unspecified atom stereocenters. The molecule has 0 aromatic heterocycles. The van der Waals surface area contributed by atoms with Crippen LogP contribution in [0, 0.1) is 6.92 Å². The molecule has 0 spiro atoms. The molecule has 2 aromatic rings. The minimum absolute atomic E-state index is 0.334. The first-order chi connectivity index (χ1) is 8.68. The van der Waals surface area contributed by atoms with Gasteiger partial charge in [0.25, 0.3) is 0 Å². The minimum atomic E-state index is 0.334. The monoisotopic (exact) mass is 303 g/mol. The summed E-state index contributed by atoms with van der Waals surface area (Å²) in [6.45, 7) is 5.24. The van der Waals surface area contributed by atoms with Crippen LogP contribution in [0.3, 0.4) is 0 Å². The summed E-state index contributed by atoms with van der Waals surface area (Å²) >= 11 is 3.60. The van der Waals surface area contributed by atoms with E-state index in [-0.39, 0.29) is 0 Å². The lowest BCUT2D eigenvalue weighted by molar-refractivity contribution is 0.571. The summed E-state index contributed by atoms with van der Waals surface area (Å²) in [5.74, 6) is 0. The second-order valence-corrected chi connectivity index (χ2v) is 5.40. The van der Waals surface area contributed by atoms with Crippen LogP contribution in [0.15, 0.2) is 53.0 Å².